The highest BCUT2D eigenvalue weighted by Crippen LogP contribution is 2.32. The summed E-state index contributed by atoms with van der Waals surface area (Å²) in [7, 11) is 1.54. The van der Waals surface area contributed by atoms with Gasteiger partial charge in [0.2, 0.25) is 5.91 Å². The summed E-state index contributed by atoms with van der Waals surface area (Å²) in [5.41, 5.74) is 0.499. The van der Waals surface area contributed by atoms with Gasteiger partial charge < -0.3 is 10.6 Å². The quantitative estimate of drug-likeness (QED) is 0.901. The van der Waals surface area contributed by atoms with Crippen LogP contribution in [-0.4, -0.2) is 19.0 Å². The fourth-order valence-electron chi connectivity index (χ4n) is 1.18. The van der Waals surface area contributed by atoms with E-state index in [4.69, 9.17) is 11.6 Å². The number of halogens is 3. The van der Waals surface area contributed by atoms with Crippen LogP contribution in [-0.2, 0) is 4.79 Å². The van der Waals surface area contributed by atoms with Crippen molar-refractivity contribution < 1.29 is 9.18 Å². The molecule has 16 heavy (non-hydrogen) atoms. The SMILES string of the molecule is CNC(=O)C(C)Nc1c(Cl)cc(F)cc1Br. The van der Waals surface area contributed by atoms with E-state index in [0.29, 0.717) is 10.2 Å². The Balaban J connectivity index is 2.93. The first-order valence-electron chi connectivity index (χ1n) is 4.58. The van der Waals surface area contributed by atoms with E-state index < -0.39 is 11.9 Å². The van der Waals surface area contributed by atoms with E-state index in [0.717, 1.165) is 0 Å². The summed E-state index contributed by atoms with van der Waals surface area (Å²) in [6.45, 7) is 1.69. The van der Waals surface area contributed by atoms with Gasteiger partial charge in [-0.3, -0.25) is 4.79 Å². The maximum Gasteiger partial charge on any atom is 0.241 e. The third-order valence-corrected chi connectivity index (χ3v) is 2.93. The molecule has 1 amide bonds. The van der Waals surface area contributed by atoms with Gasteiger partial charge in [-0.1, -0.05) is 11.6 Å². The summed E-state index contributed by atoms with van der Waals surface area (Å²) in [4.78, 5) is 11.3. The van der Waals surface area contributed by atoms with E-state index in [1.165, 1.54) is 12.1 Å². The average molecular weight is 310 g/mol. The largest absolute Gasteiger partial charge is 0.372 e. The molecule has 0 spiro atoms. The Labute approximate surface area is 106 Å². The predicted octanol–water partition coefficient (Wildman–Crippen LogP) is 2.79. The molecule has 0 aliphatic carbocycles. The van der Waals surface area contributed by atoms with Gasteiger partial charge in [0.1, 0.15) is 11.9 Å². The number of likely N-dealkylation sites (N-methyl/N-ethyl adjacent to an activating group) is 1. The van der Waals surface area contributed by atoms with Gasteiger partial charge in [-0.2, -0.15) is 0 Å². The van der Waals surface area contributed by atoms with Gasteiger partial charge in [-0.25, -0.2) is 4.39 Å². The third kappa shape index (κ3) is 3.09. The van der Waals surface area contributed by atoms with E-state index >= 15 is 0 Å². The number of carbonyl (C=O) groups excluding carboxylic acids is 1. The van der Waals surface area contributed by atoms with Crippen LogP contribution in [0.25, 0.3) is 0 Å². The highest BCUT2D eigenvalue weighted by molar-refractivity contribution is 9.10. The maximum atomic E-state index is 12.9. The zero-order valence-electron chi connectivity index (χ0n) is 8.77. The zero-order chi connectivity index (χ0) is 12.3. The van der Waals surface area contributed by atoms with Crippen LogP contribution in [0.15, 0.2) is 16.6 Å². The lowest BCUT2D eigenvalue weighted by atomic mass is 10.2. The fraction of sp³-hybridized carbons (Fsp3) is 0.300. The van der Waals surface area contributed by atoms with Crippen molar-refractivity contribution in [3.8, 4) is 0 Å². The summed E-state index contributed by atoms with van der Waals surface area (Å²) in [6, 6.07) is 2.01. The summed E-state index contributed by atoms with van der Waals surface area (Å²) >= 11 is 9.04. The molecular formula is C10H11BrClFN2O. The van der Waals surface area contributed by atoms with Crippen LogP contribution in [0.1, 0.15) is 6.92 Å². The molecule has 1 unspecified atom stereocenters. The van der Waals surface area contributed by atoms with E-state index in [-0.39, 0.29) is 10.9 Å². The van der Waals surface area contributed by atoms with Crippen molar-refractivity contribution in [3.63, 3.8) is 0 Å². The van der Waals surface area contributed by atoms with E-state index in [9.17, 15) is 9.18 Å². The second kappa shape index (κ2) is 5.50. The smallest absolute Gasteiger partial charge is 0.241 e. The fourth-order valence-corrected chi connectivity index (χ4v) is 2.10. The Morgan fingerprint density at radius 3 is 2.69 bits per heavy atom. The van der Waals surface area contributed by atoms with Crippen molar-refractivity contribution in [2.75, 3.05) is 12.4 Å². The number of hydrogen-bond donors (Lipinski definition) is 2. The summed E-state index contributed by atoms with van der Waals surface area (Å²) in [5, 5.41) is 5.62. The Kier molecular flexibility index (Phi) is 4.56. The maximum absolute atomic E-state index is 12.9. The lowest BCUT2D eigenvalue weighted by Gasteiger charge is -2.16. The lowest BCUT2D eigenvalue weighted by Crippen LogP contribution is -2.35. The number of anilines is 1. The molecule has 2 N–H and O–H groups in total. The third-order valence-electron chi connectivity index (χ3n) is 2.01. The molecule has 0 aliphatic heterocycles. The molecule has 0 radical (unpaired) electrons. The standard InChI is InChI=1S/C10H11BrClFN2O/c1-5(10(16)14-2)15-9-7(11)3-6(13)4-8(9)12/h3-5,15H,1-2H3,(H,14,16). The number of amides is 1. The second-order valence-electron chi connectivity index (χ2n) is 3.22. The second-order valence-corrected chi connectivity index (χ2v) is 4.49. The molecule has 0 aromatic heterocycles. The molecule has 0 saturated heterocycles. The minimum atomic E-state index is -0.454. The van der Waals surface area contributed by atoms with Crippen LogP contribution < -0.4 is 10.6 Å². The van der Waals surface area contributed by atoms with Crippen LogP contribution in [0.5, 0.6) is 0 Å². The Morgan fingerprint density at radius 1 is 1.56 bits per heavy atom. The van der Waals surface area contributed by atoms with Crippen LogP contribution in [0.3, 0.4) is 0 Å². The van der Waals surface area contributed by atoms with E-state index in [1.807, 2.05) is 0 Å². The molecule has 1 rings (SSSR count). The van der Waals surface area contributed by atoms with Crippen molar-refractivity contribution in [2.45, 2.75) is 13.0 Å². The Bertz CT molecular complexity index is 391. The Hall–Kier alpha value is -0.810. The molecule has 1 aromatic carbocycles. The number of rotatable bonds is 3. The van der Waals surface area contributed by atoms with Gasteiger partial charge in [0.25, 0.3) is 0 Å². The molecule has 6 heteroatoms. The summed E-state index contributed by atoms with van der Waals surface area (Å²) < 4.78 is 13.4. The molecule has 1 aromatic rings. The van der Waals surface area contributed by atoms with Gasteiger partial charge >= 0.3 is 0 Å². The van der Waals surface area contributed by atoms with Crippen molar-refractivity contribution in [1.29, 1.82) is 0 Å². The van der Waals surface area contributed by atoms with Gasteiger partial charge in [0.05, 0.1) is 10.7 Å². The van der Waals surface area contributed by atoms with Crippen LogP contribution in [0, 0.1) is 5.82 Å². The summed E-state index contributed by atoms with van der Waals surface area (Å²) in [6.07, 6.45) is 0. The monoisotopic (exact) mass is 308 g/mol. The van der Waals surface area contributed by atoms with Crippen LogP contribution in [0.4, 0.5) is 10.1 Å². The van der Waals surface area contributed by atoms with Crippen LogP contribution >= 0.6 is 27.5 Å². The predicted molar refractivity (Wildman–Crippen MR) is 66.3 cm³/mol. The van der Waals surface area contributed by atoms with Gasteiger partial charge in [0.15, 0.2) is 0 Å². The highest BCUT2D eigenvalue weighted by Gasteiger charge is 2.15. The molecule has 0 saturated carbocycles. The molecule has 0 heterocycles. The van der Waals surface area contributed by atoms with Gasteiger partial charge in [0, 0.05) is 11.5 Å². The Morgan fingerprint density at radius 2 is 2.19 bits per heavy atom. The lowest BCUT2D eigenvalue weighted by molar-refractivity contribution is -0.121. The first-order valence-corrected chi connectivity index (χ1v) is 5.75. The molecule has 88 valence electrons. The van der Waals surface area contributed by atoms with Gasteiger partial charge in [-0.05, 0) is 35.0 Å². The molecule has 0 bridgehead atoms. The van der Waals surface area contributed by atoms with Crippen molar-refractivity contribution in [2.24, 2.45) is 0 Å². The normalized spacial score (nSPS) is 12.1. The van der Waals surface area contributed by atoms with Crippen LogP contribution in [0.2, 0.25) is 5.02 Å². The minimum Gasteiger partial charge on any atom is -0.372 e. The van der Waals surface area contributed by atoms with Gasteiger partial charge in [-0.15, -0.1) is 0 Å². The van der Waals surface area contributed by atoms with Crippen molar-refractivity contribution in [3.05, 3.63) is 27.4 Å². The number of benzene rings is 1. The number of nitrogens with one attached hydrogen (secondary N) is 2. The number of hydrogen-bond acceptors (Lipinski definition) is 2. The zero-order valence-corrected chi connectivity index (χ0v) is 11.1. The van der Waals surface area contributed by atoms with Crippen molar-refractivity contribution >= 4 is 39.1 Å². The van der Waals surface area contributed by atoms with E-state index in [1.54, 1.807) is 14.0 Å². The molecule has 0 fully saturated rings. The highest BCUT2D eigenvalue weighted by atomic mass is 79.9. The molecule has 0 aliphatic rings. The van der Waals surface area contributed by atoms with E-state index in [2.05, 4.69) is 26.6 Å². The first kappa shape index (κ1) is 13.3. The minimum absolute atomic E-state index is 0.174. The molecular weight excluding hydrogens is 298 g/mol. The topological polar surface area (TPSA) is 41.1 Å². The first-order chi connectivity index (χ1) is 7.45. The summed E-state index contributed by atoms with van der Waals surface area (Å²) in [5.74, 6) is -0.609. The molecule has 1 atom stereocenters. The molecule has 3 nitrogen and oxygen atoms in total. The van der Waals surface area contributed by atoms with Crippen molar-refractivity contribution in [1.82, 2.24) is 5.32 Å². The number of carbonyl (C=O) groups is 1. The average Bonchev–Trinajstić information content (AvgIpc) is 2.21.